The van der Waals surface area contributed by atoms with Crippen LogP contribution >= 0.6 is 0 Å². The van der Waals surface area contributed by atoms with Crippen molar-refractivity contribution in [2.45, 2.75) is 46.1 Å². The molecule has 0 bridgehead atoms. The Labute approximate surface area is 212 Å². The van der Waals surface area contributed by atoms with Crippen molar-refractivity contribution >= 4 is 16.9 Å². The number of methoxy groups -OCH3 is 1. The molecule has 0 saturated carbocycles. The molecular formula is C29H36N2O5. The summed E-state index contributed by atoms with van der Waals surface area (Å²) < 4.78 is 17.7. The Balaban J connectivity index is 1.84. The predicted octanol–water partition coefficient (Wildman–Crippen LogP) is 5.09. The number of ether oxygens (including phenoxy) is 2. The van der Waals surface area contributed by atoms with Crippen LogP contribution in [0.2, 0.25) is 0 Å². The molecule has 0 saturated heterocycles. The second-order valence-electron chi connectivity index (χ2n) is 9.78. The lowest BCUT2D eigenvalue weighted by molar-refractivity contribution is 0.0722. The molecule has 3 aromatic rings. The van der Waals surface area contributed by atoms with E-state index in [1.165, 1.54) is 0 Å². The Bertz CT molecular complexity index is 1330. The van der Waals surface area contributed by atoms with Gasteiger partial charge in [0, 0.05) is 6.54 Å². The minimum Gasteiger partial charge on any atom is -0.493 e. The SMILES string of the molecule is CCCCOc1ccc(C2c3c(oc4cc(C)c(C)cc4c3=O)C(=O)N2CCCN(C)C)cc1OC. The van der Waals surface area contributed by atoms with Gasteiger partial charge in [-0.05, 0) is 88.3 Å². The van der Waals surface area contributed by atoms with Crippen LogP contribution < -0.4 is 14.9 Å². The number of amides is 1. The van der Waals surface area contributed by atoms with E-state index < -0.39 is 6.04 Å². The zero-order valence-electron chi connectivity index (χ0n) is 22.1. The summed E-state index contributed by atoms with van der Waals surface area (Å²) in [6.45, 7) is 7.97. The number of rotatable bonds is 10. The first-order chi connectivity index (χ1) is 17.3. The maximum atomic E-state index is 13.8. The van der Waals surface area contributed by atoms with Crippen LogP contribution in [0, 0.1) is 13.8 Å². The lowest BCUT2D eigenvalue weighted by atomic mass is 9.97. The Kier molecular flexibility index (Phi) is 7.69. The molecular weight excluding hydrogens is 456 g/mol. The predicted molar refractivity (Wildman–Crippen MR) is 141 cm³/mol. The third kappa shape index (κ3) is 4.85. The molecule has 1 aromatic heterocycles. The van der Waals surface area contributed by atoms with Crippen molar-refractivity contribution < 1.29 is 18.7 Å². The van der Waals surface area contributed by atoms with Gasteiger partial charge in [0.25, 0.3) is 5.91 Å². The van der Waals surface area contributed by atoms with Crippen LogP contribution in [0.15, 0.2) is 39.5 Å². The van der Waals surface area contributed by atoms with Gasteiger partial charge in [-0.2, -0.15) is 0 Å². The lowest BCUT2D eigenvalue weighted by Gasteiger charge is -2.26. The molecule has 36 heavy (non-hydrogen) atoms. The molecule has 2 heterocycles. The Morgan fingerprint density at radius 3 is 2.47 bits per heavy atom. The summed E-state index contributed by atoms with van der Waals surface area (Å²) in [6.07, 6.45) is 2.75. The number of aryl methyl sites for hydroxylation is 2. The first kappa shape index (κ1) is 25.8. The lowest BCUT2D eigenvalue weighted by Crippen LogP contribution is -2.32. The summed E-state index contributed by atoms with van der Waals surface area (Å²) in [5.41, 5.74) is 3.49. The highest BCUT2D eigenvalue weighted by atomic mass is 16.5. The van der Waals surface area contributed by atoms with Gasteiger partial charge in [-0.1, -0.05) is 19.4 Å². The highest BCUT2D eigenvalue weighted by Crippen LogP contribution is 2.41. The molecule has 1 atom stereocenters. The molecule has 0 aliphatic carbocycles. The van der Waals surface area contributed by atoms with Gasteiger partial charge in [-0.3, -0.25) is 9.59 Å². The van der Waals surface area contributed by atoms with E-state index in [2.05, 4.69) is 11.8 Å². The van der Waals surface area contributed by atoms with E-state index in [1.54, 1.807) is 12.0 Å². The van der Waals surface area contributed by atoms with E-state index in [1.807, 2.05) is 58.3 Å². The maximum absolute atomic E-state index is 13.8. The number of unbranched alkanes of at least 4 members (excludes halogenated alkanes) is 1. The number of fused-ring (bicyclic) bond motifs is 2. The van der Waals surface area contributed by atoms with Crippen LogP contribution in [0.4, 0.5) is 0 Å². The minimum absolute atomic E-state index is 0.132. The van der Waals surface area contributed by atoms with Gasteiger partial charge in [0.05, 0.1) is 30.7 Å². The van der Waals surface area contributed by atoms with Gasteiger partial charge < -0.3 is 23.7 Å². The first-order valence-corrected chi connectivity index (χ1v) is 12.6. The van der Waals surface area contributed by atoms with Crippen LogP contribution in [-0.4, -0.2) is 56.6 Å². The van der Waals surface area contributed by atoms with E-state index >= 15 is 0 Å². The topological polar surface area (TPSA) is 72.2 Å². The molecule has 7 nitrogen and oxygen atoms in total. The standard InChI is InChI=1S/C29H36N2O5/c1-7-8-14-35-22-11-10-20(17-24(22)34-6)26-25-27(32)21-15-18(2)19(3)16-23(21)36-28(25)29(33)31(26)13-9-12-30(4)5/h10-11,15-17,26H,7-9,12-14H2,1-6H3. The highest BCUT2D eigenvalue weighted by molar-refractivity contribution is 5.99. The van der Waals surface area contributed by atoms with Gasteiger partial charge in [0.2, 0.25) is 5.76 Å². The number of carbonyl (C=O) groups is 1. The Morgan fingerprint density at radius 1 is 1.03 bits per heavy atom. The minimum atomic E-state index is -0.560. The number of benzene rings is 2. The molecule has 1 aliphatic rings. The van der Waals surface area contributed by atoms with Gasteiger partial charge in [-0.15, -0.1) is 0 Å². The monoisotopic (exact) mass is 492 g/mol. The van der Waals surface area contributed by atoms with E-state index in [0.717, 1.165) is 42.5 Å². The normalized spacial score (nSPS) is 15.1. The molecule has 0 fully saturated rings. The molecule has 192 valence electrons. The van der Waals surface area contributed by atoms with Gasteiger partial charge >= 0.3 is 0 Å². The fourth-order valence-electron chi connectivity index (χ4n) is 4.71. The Hall–Kier alpha value is -3.32. The first-order valence-electron chi connectivity index (χ1n) is 12.6. The highest BCUT2D eigenvalue weighted by Gasteiger charge is 2.42. The quantitative estimate of drug-likeness (QED) is 0.367. The summed E-state index contributed by atoms with van der Waals surface area (Å²) in [5.74, 6) is 1.10. The van der Waals surface area contributed by atoms with Crippen molar-refractivity contribution in [2.75, 3.05) is 40.9 Å². The van der Waals surface area contributed by atoms with Crippen LogP contribution in [0.5, 0.6) is 11.5 Å². The van der Waals surface area contributed by atoms with Crippen molar-refractivity contribution in [1.29, 1.82) is 0 Å². The smallest absolute Gasteiger partial charge is 0.290 e. The fraction of sp³-hybridized carbons (Fsp3) is 0.448. The average Bonchev–Trinajstić information content (AvgIpc) is 3.12. The zero-order chi connectivity index (χ0) is 26.0. The summed E-state index contributed by atoms with van der Waals surface area (Å²) >= 11 is 0. The third-order valence-electron chi connectivity index (χ3n) is 6.85. The largest absolute Gasteiger partial charge is 0.493 e. The second-order valence-corrected chi connectivity index (χ2v) is 9.78. The van der Waals surface area contributed by atoms with Crippen LogP contribution in [0.25, 0.3) is 11.0 Å². The van der Waals surface area contributed by atoms with E-state index in [0.29, 0.717) is 41.2 Å². The molecule has 0 N–H and O–H groups in total. The second kappa shape index (κ2) is 10.7. The van der Waals surface area contributed by atoms with Gasteiger partial charge in [0.1, 0.15) is 5.58 Å². The van der Waals surface area contributed by atoms with E-state index in [9.17, 15) is 9.59 Å². The average molecular weight is 493 g/mol. The van der Waals surface area contributed by atoms with E-state index in [4.69, 9.17) is 13.9 Å². The molecule has 0 spiro atoms. The zero-order valence-corrected chi connectivity index (χ0v) is 22.1. The molecule has 1 aliphatic heterocycles. The van der Waals surface area contributed by atoms with Crippen LogP contribution in [0.1, 0.15) is 65.0 Å². The third-order valence-corrected chi connectivity index (χ3v) is 6.85. The molecule has 0 radical (unpaired) electrons. The summed E-state index contributed by atoms with van der Waals surface area (Å²) in [5, 5.41) is 0.497. The molecule has 1 unspecified atom stereocenters. The van der Waals surface area contributed by atoms with Crippen molar-refractivity contribution in [1.82, 2.24) is 9.80 Å². The van der Waals surface area contributed by atoms with Crippen LogP contribution in [0.3, 0.4) is 0 Å². The molecule has 4 rings (SSSR count). The number of hydrogen-bond acceptors (Lipinski definition) is 6. The number of carbonyl (C=O) groups excluding carboxylic acids is 1. The van der Waals surface area contributed by atoms with Gasteiger partial charge in [0.15, 0.2) is 16.9 Å². The number of nitrogens with zero attached hydrogens (tertiary/aromatic N) is 2. The fourth-order valence-corrected chi connectivity index (χ4v) is 4.71. The molecule has 1 amide bonds. The van der Waals surface area contributed by atoms with Gasteiger partial charge in [-0.25, -0.2) is 0 Å². The van der Waals surface area contributed by atoms with Crippen molar-refractivity contribution in [3.63, 3.8) is 0 Å². The molecule has 7 heteroatoms. The molecule has 2 aromatic carbocycles. The van der Waals surface area contributed by atoms with Crippen molar-refractivity contribution in [3.8, 4) is 11.5 Å². The van der Waals surface area contributed by atoms with Crippen molar-refractivity contribution in [3.05, 3.63) is 68.6 Å². The van der Waals surface area contributed by atoms with Crippen LogP contribution in [-0.2, 0) is 0 Å². The maximum Gasteiger partial charge on any atom is 0.290 e. The summed E-state index contributed by atoms with van der Waals surface area (Å²) in [6, 6.07) is 8.79. The number of hydrogen-bond donors (Lipinski definition) is 0. The Morgan fingerprint density at radius 2 is 1.78 bits per heavy atom. The van der Waals surface area contributed by atoms with E-state index in [-0.39, 0.29) is 17.1 Å². The summed E-state index contributed by atoms with van der Waals surface area (Å²) in [4.78, 5) is 31.3. The summed E-state index contributed by atoms with van der Waals surface area (Å²) in [7, 11) is 5.60. The van der Waals surface area contributed by atoms with Crippen molar-refractivity contribution in [2.24, 2.45) is 0 Å².